The molecular weight excluding hydrogens is 434 g/mol. The fourth-order valence-electron chi connectivity index (χ4n) is 4.20. The standard InChI is InChI=1S/C26H29N3O5/c1-5-8-17-13-18(14-27)24-22(21(17)16-9-11-19(32-4)12-10-16)23(28)25(26(31)34-7-3)29(24)15-20(30)33-6-2/h9-13H,5-8,15,28H2,1-4H3. The van der Waals surface area contributed by atoms with Crippen molar-refractivity contribution in [2.45, 2.75) is 40.2 Å². The van der Waals surface area contributed by atoms with E-state index in [2.05, 4.69) is 6.07 Å². The van der Waals surface area contributed by atoms with E-state index >= 15 is 0 Å². The van der Waals surface area contributed by atoms with Gasteiger partial charge in [-0.3, -0.25) is 4.79 Å². The Bertz CT molecular complexity index is 1250. The van der Waals surface area contributed by atoms with Gasteiger partial charge in [0.15, 0.2) is 5.69 Å². The van der Waals surface area contributed by atoms with Crippen LogP contribution in [0.4, 0.5) is 5.69 Å². The SMILES string of the molecule is CCCc1cc(C#N)c2c(c(N)c(C(=O)OCC)n2CC(=O)OCC)c1-c1ccc(OC)cc1. The lowest BCUT2D eigenvalue weighted by Gasteiger charge is -2.15. The Kier molecular flexibility index (Phi) is 7.79. The van der Waals surface area contributed by atoms with E-state index in [-0.39, 0.29) is 31.1 Å². The highest BCUT2D eigenvalue weighted by Gasteiger charge is 2.29. The molecule has 0 aliphatic heterocycles. The molecule has 178 valence electrons. The summed E-state index contributed by atoms with van der Waals surface area (Å²) in [5, 5.41) is 10.6. The molecule has 34 heavy (non-hydrogen) atoms. The van der Waals surface area contributed by atoms with Gasteiger partial charge in [0.2, 0.25) is 0 Å². The Hall–Kier alpha value is -3.99. The fraction of sp³-hybridized carbons (Fsp3) is 0.346. The molecule has 1 heterocycles. The van der Waals surface area contributed by atoms with Crippen molar-refractivity contribution in [1.82, 2.24) is 4.57 Å². The van der Waals surface area contributed by atoms with Crippen LogP contribution in [0.1, 0.15) is 48.8 Å². The summed E-state index contributed by atoms with van der Waals surface area (Å²) in [6.45, 7) is 5.48. The van der Waals surface area contributed by atoms with Crippen LogP contribution >= 0.6 is 0 Å². The van der Waals surface area contributed by atoms with E-state index in [1.807, 2.05) is 31.2 Å². The number of nitriles is 1. The number of aryl methyl sites for hydroxylation is 1. The number of carbonyl (C=O) groups excluding carboxylic acids is 2. The molecular formula is C26H29N3O5. The highest BCUT2D eigenvalue weighted by molar-refractivity contribution is 6.14. The summed E-state index contributed by atoms with van der Waals surface area (Å²) in [5.41, 5.74) is 10.1. The third kappa shape index (κ3) is 4.55. The molecule has 0 amide bonds. The average molecular weight is 464 g/mol. The van der Waals surface area contributed by atoms with Crippen molar-refractivity contribution < 1.29 is 23.8 Å². The van der Waals surface area contributed by atoms with Crippen LogP contribution in [0.3, 0.4) is 0 Å². The van der Waals surface area contributed by atoms with Crippen LogP contribution in [0.5, 0.6) is 5.75 Å². The number of nitrogens with two attached hydrogens (primary N) is 1. The van der Waals surface area contributed by atoms with Crippen molar-refractivity contribution in [2.24, 2.45) is 0 Å². The lowest BCUT2D eigenvalue weighted by molar-refractivity contribution is -0.143. The number of carbonyl (C=O) groups is 2. The Morgan fingerprint density at radius 3 is 2.32 bits per heavy atom. The summed E-state index contributed by atoms with van der Waals surface area (Å²) in [5.74, 6) is -0.509. The molecule has 0 spiro atoms. The van der Waals surface area contributed by atoms with E-state index in [4.69, 9.17) is 19.9 Å². The van der Waals surface area contributed by atoms with E-state index in [1.165, 1.54) is 4.57 Å². The molecule has 8 nitrogen and oxygen atoms in total. The lowest BCUT2D eigenvalue weighted by Crippen LogP contribution is -2.20. The fourth-order valence-corrected chi connectivity index (χ4v) is 4.20. The quantitative estimate of drug-likeness (QED) is 0.466. The number of nitrogens with zero attached hydrogens (tertiary/aromatic N) is 2. The van der Waals surface area contributed by atoms with Gasteiger partial charge in [-0.1, -0.05) is 25.5 Å². The van der Waals surface area contributed by atoms with Crippen LogP contribution in [-0.2, 0) is 27.2 Å². The molecule has 2 N–H and O–H groups in total. The monoisotopic (exact) mass is 463 g/mol. The largest absolute Gasteiger partial charge is 0.497 e. The van der Waals surface area contributed by atoms with Crippen molar-refractivity contribution in [3.05, 3.63) is 47.2 Å². The van der Waals surface area contributed by atoms with Gasteiger partial charge in [-0.25, -0.2) is 4.79 Å². The molecule has 0 atom stereocenters. The number of ether oxygens (including phenoxy) is 3. The summed E-state index contributed by atoms with van der Waals surface area (Å²) >= 11 is 0. The molecule has 0 unspecified atom stereocenters. The van der Waals surface area contributed by atoms with Crippen molar-refractivity contribution in [3.8, 4) is 22.9 Å². The molecule has 0 saturated heterocycles. The molecule has 1 aromatic heterocycles. The molecule has 0 radical (unpaired) electrons. The third-order valence-electron chi connectivity index (χ3n) is 5.53. The summed E-state index contributed by atoms with van der Waals surface area (Å²) in [7, 11) is 1.59. The van der Waals surface area contributed by atoms with Gasteiger partial charge in [-0.2, -0.15) is 5.26 Å². The molecule has 0 fully saturated rings. The van der Waals surface area contributed by atoms with Gasteiger partial charge in [-0.15, -0.1) is 0 Å². The zero-order chi connectivity index (χ0) is 24.8. The zero-order valence-corrected chi connectivity index (χ0v) is 19.9. The Morgan fingerprint density at radius 1 is 1.09 bits per heavy atom. The lowest BCUT2D eigenvalue weighted by atomic mass is 9.90. The van der Waals surface area contributed by atoms with E-state index < -0.39 is 11.9 Å². The minimum absolute atomic E-state index is 0.0322. The summed E-state index contributed by atoms with van der Waals surface area (Å²) in [6, 6.07) is 11.5. The van der Waals surface area contributed by atoms with E-state index in [9.17, 15) is 14.9 Å². The first-order valence-corrected chi connectivity index (χ1v) is 11.3. The first kappa shape index (κ1) is 24.6. The number of nitrogen functional groups attached to an aromatic ring is 1. The van der Waals surface area contributed by atoms with Crippen LogP contribution in [0.25, 0.3) is 22.0 Å². The number of hydrogen-bond acceptors (Lipinski definition) is 7. The summed E-state index contributed by atoms with van der Waals surface area (Å²) < 4.78 is 17.1. The van der Waals surface area contributed by atoms with Crippen LogP contribution in [0.2, 0.25) is 0 Å². The first-order valence-electron chi connectivity index (χ1n) is 11.3. The number of aromatic nitrogens is 1. The number of rotatable bonds is 9. The maximum atomic E-state index is 13.0. The molecule has 0 aliphatic rings. The first-order chi connectivity index (χ1) is 16.4. The molecule has 2 aromatic carbocycles. The summed E-state index contributed by atoms with van der Waals surface area (Å²) in [4.78, 5) is 25.4. The number of methoxy groups -OCH3 is 1. The minimum Gasteiger partial charge on any atom is -0.497 e. The molecule has 3 rings (SSSR count). The van der Waals surface area contributed by atoms with Crippen LogP contribution < -0.4 is 10.5 Å². The predicted molar refractivity (Wildman–Crippen MR) is 130 cm³/mol. The minimum atomic E-state index is -0.665. The van der Waals surface area contributed by atoms with Crippen LogP contribution in [-0.4, -0.2) is 36.8 Å². The zero-order valence-electron chi connectivity index (χ0n) is 19.9. The highest BCUT2D eigenvalue weighted by atomic mass is 16.5. The van der Waals surface area contributed by atoms with Gasteiger partial charge in [0.05, 0.1) is 37.1 Å². The Labute approximate surface area is 198 Å². The molecule has 0 aliphatic carbocycles. The van der Waals surface area contributed by atoms with Crippen LogP contribution in [0.15, 0.2) is 30.3 Å². The second-order valence-corrected chi connectivity index (χ2v) is 7.65. The maximum Gasteiger partial charge on any atom is 0.357 e. The number of anilines is 1. The highest BCUT2D eigenvalue weighted by Crippen LogP contribution is 2.42. The number of fused-ring (bicyclic) bond motifs is 1. The smallest absolute Gasteiger partial charge is 0.357 e. The molecule has 0 bridgehead atoms. The number of hydrogen-bond donors (Lipinski definition) is 1. The van der Waals surface area contributed by atoms with Gasteiger partial charge in [0, 0.05) is 5.39 Å². The second kappa shape index (κ2) is 10.8. The van der Waals surface area contributed by atoms with Crippen molar-refractivity contribution in [2.75, 3.05) is 26.1 Å². The van der Waals surface area contributed by atoms with E-state index in [0.29, 0.717) is 28.6 Å². The van der Waals surface area contributed by atoms with Gasteiger partial charge in [0.25, 0.3) is 0 Å². The molecule has 8 heteroatoms. The van der Waals surface area contributed by atoms with Gasteiger partial charge >= 0.3 is 11.9 Å². The second-order valence-electron chi connectivity index (χ2n) is 7.65. The summed E-state index contributed by atoms with van der Waals surface area (Å²) in [6.07, 6.45) is 1.54. The Morgan fingerprint density at radius 2 is 1.76 bits per heavy atom. The molecule has 3 aromatic rings. The van der Waals surface area contributed by atoms with Crippen molar-refractivity contribution in [1.29, 1.82) is 5.26 Å². The predicted octanol–water partition coefficient (Wildman–Crippen LogP) is 4.46. The topological polar surface area (TPSA) is 117 Å². The number of benzene rings is 2. The Balaban J connectivity index is 2.46. The van der Waals surface area contributed by atoms with Gasteiger partial charge in [0.1, 0.15) is 18.4 Å². The van der Waals surface area contributed by atoms with Crippen molar-refractivity contribution >= 4 is 28.5 Å². The van der Waals surface area contributed by atoms with Crippen molar-refractivity contribution in [3.63, 3.8) is 0 Å². The van der Waals surface area contributed by atoms with Crippen LogP contribution in [0, 0.1) is 11.3 Å². The normalized spacial score (nSPS) is 10.7. The van der Waals surface area contributed by atoms with E-state index in [1.54, 1.807) is 27.0 Å². The van der Waals surface area contributed by atoms with Gasteiger partial charge in [-0.05, 0) is 55.2 Å². The maximum absolute atomic E-state index is 13.0. The average Bonchev–Trinajstić information content (AvgIpc) is 3.11. The third-order valence-corrected chi connectivity index (χ3v) is 5.53. The van der Waals surface area contributed by atoms with Gasteiger partial charge < -0.3 is 24.5 Å². The molecule has 0 saturated carbocycles. The van der Waals surface area contributed by atoms with E-state index in [0.717, 1.165) is 23.1 Å². The number of esters is 2.